The topological polar surface area (TPSA) is 20.2 Å². The predicted molar refractivity (Wildman–Crippen MR) is 58.9 cm³/mol. The summed E-state index contributed by atoms with van der Waals surface area (Å²) in [6.07, 6.45) is 0.834. The molecular formula is C5H8Br3OP. The molecular weight excluding hydrogens is 347 g/mol. The van der Waals surface area contributed by atoms with Crippen molar-refractivity contribution in [3.05, 3.63) is 0 Å². The largest absolute Gasteiger partial charge is 0.384 e. The van der Waals surface area contributed by atoms with Gasteiger partial charge in [-0.25, -0.2) is 0 Å². The summed E-state index contributed by atoms with van der Waals surface area (Å²) >= 11 is 9.51. The Morgan fingerprint density at radius 3 is 1.80 bits per heavy atom. The van der Waals surface area contributed by atoms with Crippen LogP contribution in [-0.2, 0) is 0 Å². The SMILES string of the molecule is BrP(Br)Br.CCC#CCO. The third-order valence-corrected chi connectivity index (χ3v) is 0.381. The van der Waals surface area contributed by atoms with Crippen LogP contribution in [0.3, 0.4) is 0 Å². The summed E-state index contributed by atoms with van der Waals surface area (Å²) in [6.45, 7) is 1.94. The van der Waals surface area contributed by atoms with Crippen molar-refractivity contribution in [1.82, 2.24) is 0 Å². The summed E-state index contributed by atoms with van der Waals surface area (Å²) < 4.78 is -0.183. The van der Waals surface area contributed by atoms with E-state index in [0.29, 0.717) is 0 Å². The van der Waals surface area contributed by atoms with Crippen molar-refractivity contribution >= 4 is 50.5 Å². The zero-order valence-electron chi connectivity index (χ0n) is 5.44. The molecule has 1 N–H and O–H groups in total. The van der Waals surface area contributed by atoms with Crippen LogP contribution in [0.2, 0.25) is 0 Å². The zero-order valence-corrected chi connectivity index (χ0v) is 11.1. The van der Waals surface area contributed by atoms with Crippen LogP contribution in [0.5, 0.6) is 0 Å². The van der Waals surface area contributed by atoms with E-state index in [-0.39, 0.29) is 10.6 Å². The standard InChI is InChI=1S/C5H8O.Br3P/c1-2-3-4-5-6;1-4(2)3/h6H,2,5H2,1H3;. The highest BCUT2D eigenvalue weighted by molar-refractivity contribution is 9.93. The lowest BCUT2D eigenvalue weighted by Crippen LogP contribution is -1.68. The highest BCUT2D eigenvalue weighted by Crippen LogP contribution is 2.59. The molecule has 0 aliphatic rings. The molecule has 0 radical (unpaired) electrons. The Labute approximate surface area is 86.9 Å². The molecule has 0 aliphatic carbocycles. The Morgan fingerprint density at radius 1 is 1.30 bits per heavy atom. The van der Waals surface area contributed by atoms with Gasteiger partial charge in [-0.15, -0.1) is 5.92 Å². The maximum atomic E-state index is 8.02. The van der Waals surface area contributed by atoms with Crippen LogP contribution in [0.25, 0.3) is 0 Å². The van der Waals surface area contributed by atoms with Crippen LogP contribution >= 0.6 is 50.5 Å². The second-order valence-electron chi connectivity index (χ2n) is 1.06. The van der Waals surface area contributed by atoms with Crippen molar-refractivity contribution in [2.45, 2.75) is 13.3 Å². The second kappa shape index (κ2) is 13.0. The monoisotopic (exact) mass is 352 g/mol. The van der Waals surface area contributed by atoms with Gasteiger partial charge in [0.15, 0.2) is 0 Å². The van der Waals surface area contributed by atoms with Gasteiger partial charge in [0, 0.05) is 6.42 Å². The van der Waals surface area contributed by atoms with Crippen molar-refractivity contribution < 1.29 is 5.11 Å². The first-order valence-electron chi connectivity index (χ1n) is 2.49. The van der Waals surface area contributed by atoms with Crippen molar-refractivity contribution in [3.63, 3.8) is 0 Å². The van der Waals surface area contributed by atoms with Crippen LogP contribution in [0.4, 0.5) is 0 Å². The molecule has 0 saturated carbocycles. The van der Waals surface area contributed by atoms with Crippen LogP contribution in [-0.4, -0.2) is 11.7 Å². The molecule has 0 aliphatic heterocycles. The Balaban J connectivity index is 0. The molecule has 0 aromatic rings. The lowest BCUT2D eigenvalue weighted by Gasteiger charge is -1.70. The number of aliphatic hydroxyl groups excluding tert-OH is 1. The summed E-state index contributed by atoms with van der Waals surface area (Å²) in [4.78, 5) is 0. The summed E-state index contributed by atoms with van der Waals surface area (Å²) in [5.74, 6) is 5.20. The number of aliphatic hydroxyl groups is 1. The first-order valence-corrected chi connectivity index (χ1v) is 9.89. The molecule has 0 spiro atoms. The molecule has 0 amide bonds. The van der Waals surface area contributed by atoms with E-state index in [9.17, 15) is 0 Å². The van der Waals surface area contributed by atoms with Gasteiger partial charge < -0.3 is 5.11 Å². The molecule has 0 aromatic carbocycles. The van der Waals surface area contributed by atoms with Gasteiger partial charge >= 0.3 is 0 Å². The maximum absolute atomic E-state index is 8.02. The fraction of sp³-hybridized carbons (Fsp3) is 0.600. The second-order valence-corrected chi connectivity index (χ2v) is 16.4. The van der Waals surface area contributed by atoms with Crippen LogP contribution < -0.4 is 0 Å². The fourth-order valence-electron chi connectivity index (χ4n) is 0.181. The lowest BCUT2D eigenvalue weighted by molar-refractivity contribution is 0.350. The molecule has 0 fully saturated rings. The highest BCUT2D eigenvalue weighted by atomic mass is 80.0. The third-order valence-electron chi connectivity index (χ3n) is 0.381. The van der Waals surface area contributed by atoms with Crippen LogP contribution in [0.1, 0.15) is 13.3 Å². The van der Waals surface area contributed by atoms with E-state index in [1.54, 1.807) is 0 Å². The van der Waals surface area contributed by atoms with E-state index < -0.39 is 0 Å². The van der Waals surface area contributed by atoms with E-state index in [0.717, 1.165) is 6.42 Å². The van der Waals surface area contributed by atoms with Gasteiger partial charge in [-0.05, 0) is 46.5 Å². The quantitative estimate of drug-likeness (QED) is 0.518. The first-order chi connectivity index (χ1) is 4.65. The summed E-state index contributed by atoms with van der Waals surface area (Å²) in [5.41, 5.74) is 0. The number of hydrogen-bond donors (Lipinski definition) is 1. The van der Waals surface area contributed by atoms with Gasteiger partial charge in [-0.2, -0.15) is 0 Å². The normalized spacial score (nSPS) is 7.40. The minimum atomic E-state index is -0.183. The highest BCUT2D eigenvalue weighted by Gasteiger charge is 1.77. The van der Waals surface area contributed by atoms with Crippen LogP contribution in [0.15, 0.2) is 0 Å². The maximum Gasteiger partial charge on any atom is 0.104 e. The molecule has 60 valence electrons. The number of halogens is 3. The van der Waals surface area contributed by atoms with E-state index in [4.69, 9.17) is 5.11 Å². The fourth-order valence-corrected chi connectivity index (χ4v) is 0.181. The van der Waals surface area contributed by atoms with E-state index in [1.807, 2.05) is 6.92 Å². The summed E-state index contributed by atoms with van der Waals surface area (Å²) in [5, 5.41) is 8.02. The zero-order chi connectivity index (χ0) is 8.41. The molecule has 0 rings (SSSR count). The molecule has 0 saturated heterocycles. The van der Waals surface area contributed by atoms with Gasteiger partial charge in [-0.1, -0.05) is 12.8 Å². The Bertz CT molecular complexity index is 96.4. The minimum absolute atomic E-state index is 0.00611. The van der Waals surface area contributed by atoms with Crippen molar-refractivity contribution in [1.29, 1.82) is 0 Å². The lowest BCUT2D eigenvalue weighted by atomic mass is 10.5. The molecule has 0 atom stereocenters. The average molecular weight is 355 g/mol. The number of hydrogen-bond acceptors (Lipinski definition) is 1. The van der Waals surface area contributed by atoms with Gasteiger partial charge in [0.2, 0.25) is 0 Å². The van der Waals surface area contributed by atoms with E-state index in [1.165, 1.54) is 0 Å². The molecule has 5 heteroatoms. The van der Waals surface area contributed by atoms with E-state index in [2.05, 4.69) is 58.3 Å². The summed E-state index contributed by atoms with van der Waals surface area (Å²) in [7, 11) is 0. The van der Waals surface area contributed by atoms with E-state index >= 15 is 0 Å². The third kappa shape index (κ3) is 34.3. The Kier molecular flexibility index (Phi) is 18.1. The van der Waals surface area contributed by atoms with Gasteiger partial charge in [0.1, 0.15) is 10.6 Å². The Morgan fingerprint density at radius 2 is 1.70 bits per heavy atom. The molecule has 0 unspecified atom stereocenters. The first kappa shape index (κ1) is 13.9. The summed E-state index contributed by atoms with van der Waals surface area (Å²) in [6, 6.07) is 0. The van der Waals surface area contributed by atoms with Crippen molar-refractivity contribution in [2.75, 3.05) is 6.61 Å². The number of rotatable bonds is 0. The predicted octanol–water partition coefficient (Wildman–Crippen LogP) is 3.79. The average Bonchev–Trinajstić information content (AvgIpc) is 1.82. The van der Waals surface area contributed by atoms with Crippen LogP contribution in [0, 0.1) is 11.8 Å². The molecule has 10 heavy (non-hydrogen) atoms. The Hall–Kier alpha value is 1.39. The minimum Gasteiger partial charge on any atom is -0.384 e. The smallest absolute Gasteiger partial charge is 0.104 e. The molecule has 0 heterocycles. The van der Waals surface area contributed by atoms with Gasteiger partial charge in [-0.3, -0.25) is 0 Å². The van der Waals surface area contributed by atoms with Crippen molar-refractivity contribution in [3.8, 4) is 11.8 Å². The molecule has 0 bridgehead atoms. The molecule has 1 nitrogen and oxygen atoms in total. The van der Waals surface area contributed by atoms with Crippen molar-refractivity contribution in [2.24, 2.45) is 0 Å². The van der Waals surface area contributed by atoms with Gasteiger partial charge in [0.25, 0.3) is 0 Å². The molecule has 0 aromatic heterocycles. The van der Waals surface area contributed by atoms with Gasteiger partial charge in [0.05, 0.1) is 0 Å².